The Hall–Kier alpha value is -3.66. The van der Waals surface area contributed by atoms with Crippen molar-refractivity contribution in [2.75, 3.05) is 0 Å². The van der Waals surface area contributed by atoms with Crippen molar-refractivity contribution >= 4 is 16.7 Å². The number of rotatable bonds is 4. The zero-order valence-corrected chi connectivity index (χ0v) is 15.5. The zero-order valence-electron chi connectivity index (χ0n) is 15.5. The van der Waals surface area contributed by atoms with Crippen molar-refractivity contribution in [3.05, 3.63) is 95.7 Å². The van der Waals surface area contributed by atoms with Gasteiger partial charge in [-0.25, -0.2) is 0 Å². The van der Waals surface area contributed by atoms with Gasteiger partial charge in [0.25, 0.3) is 5.91 Å². The number of carbonyl (C=O) groups is 1. The molecule has 3 aromatic carbocycles. The minimum Gasteiger partial charge on any atom is -0.506 e. The highest BCUT2D eigenvalue weighted by atomic mass is 16.3. The summed E-state index contributed by atoms with van der Waals surface area (Å²) < 4.78 is 0. The van der Waals surface area contributed by atoms with Crippen LogP contribution in [0.25, 0.3) is 22.0 Å². The lowest BCUT2D eigenvalue weighted by Gasteiger charge is -2.11. The fraction of sp³-hybridized carbons (Fsp3) is 0.0833. The summed E-state index contributed by atoms with van der Waals surface area (Å²) in [6, 6.07) is 23.0. The number of nitrogens with one attached hydrogen (secondary N) is 1. The van der Waals surface area contributed by atoms with Crippen molar-refractivity contribution < 1.29 is 9.90 Å². The molecule has 4 nitrogen and oxygen atoms in total. The Morgan fingerprint density at radius 3 is 2.64 bits per heavy atom. The third-order valence-corrected chi connectivity index (χ3v) is 4.85. The minimum absolute atomic E-state index is 0.120. The first-order valence-corrected chi connectivity index (χ1v) is 9.13. The van der Waals surface area contributed by atoms with Crippen LogP contribution in [0.4, 0.5) is 0 Å². The van der Waals surface area contributed by atoms with Crippen LogP contribution in [0.3, 0.4) is 0 Å². The van der Waals surface area contributed by atoms with Gasteiger partial charge in [0.1, 0.15) is 11.4 Å². The summed E-state index contributed by atoms with van der Waals surface area (Å²) in [5, 5.41) is 15.3. The highest BCUT2D eigenvalue weighted by Gasteiger charge is 2.12. The molecule has 0 radical (unpaired) electrons. The van der Waals surface area contributed by atoms with Crippen LogP contribution in [0, 0.1) is 6.92 Å². The van der Waals surface area contributed by atoms with Gasteiger partial charge < -0.3 is 10.4 Å². The van der Waals surface area contributed by atoms with Gasteiger partial charge in [-0.2, -0.15) is 0 Å². The SMILES string of the molecule is Cc1cc(-c2ncccc2O)ccc1C(=O)NCc1cccc2ccccc12. The fourth-order valence-corrected chi connectivity index (χ4v) is 3.40. The van der Waals surface area contributed by atoms with E-state index in [0.717, 1.165) is 27.5 Å². The number of aryl methyl sites for hydroxylation is 1. The molecular formula is C24H20N2O2. The molecule has 0 aliphatic rings. The molecule has 1 aromatic heterocycles. The Labute approximate surface area is 163 Å². The minimum atomic E-state index is -0.123. The van der Waals surface area contributed by atoms with Crippen molar-refractivity contribution in [1.29, 1.82) is 0 Å². The topological polar surface area (TPSA) is 62.2 Å². The molecule has 1 amide bonds. The number of aromatic hydroxyl groups is 1. The van der Waals surface area contributed by atoms with Gasteiger partial charge in [-0.1, -0.05) is 48.5 Å². The van der Waals surface area contributed by atoms with Gasteiger partial charge in [-0.3, -0.25) is 9.78 Å². The zero-order chi connectivity index (χ0) is 19.5. The second-order valence-electron chi connectivity index (χ2n) is 6.72. The van der Waals surface area contributed by atoms with Crippen molar-refractivity contribution in [1.82, 2.24) is 10.3 Å². The third-order valence-electron chi connectivity index (χ3n) is 4.85. The first-order chi connectivity index (χ1) is 13.6. The Morgan fingerprint density at radius 1 is 1.00 bits per heavy atom. The predicted octanol–water partition coefficient (Wildman–Crippen LogP) is 4.85. The van der Waals surface area contributed by atoms with Gasteiger partial charge in [0.2, 0.25) is 0 Å². The van der Waals surface area contributed by atoms with Gasteiger partial charge in [0.15, 0.2) is 0 Å². The van der Waals surface area contributed by atoms with E-state index in [0.29, 0.717) is 17.8 Å². The Balaban J connectivity index is 1.54. The van der Waals surface area contributed by atoms with E-state index in [1.807, 2.05) is 43.3 Å². The van der Waals surface area contributed by atoms with E-state index in [4.69, 9.17) is 0 Å². The van der Waals surface area contributed by atoms with Crippen LogP contribution in [-0.2, 0) is 6.54 Å². The lowest BCUT2D eigenvalue weighted by atomic mass is 10.0. The molecule has 138 valence electrons. The largest absolute Gasteiger partial charge is 0.506 e. The molecule has 0 aliphatic carbocycles. The molecule has 4 aromatic rings. The maximum Gasteiger partial charge on any atom is 0.251 e. The molecule has 4 rings (SSSR count). The average molecular weight is 368 g/mol. The van der Waals surface area contributed by atoms with Crippen LogP contribution < -0.4 is 5.32 Å². The number of amides is 1. The van der Waals surface area contributed by atoms with E-state index >= 15 is 0 Å². The molecular weight excluding hydrogens is 348 g/mol. The Morgan fingerprint density at radius 2 is 1.82 bits per heavy atom. The number of nitrogens with zero attached hydrogens (tertiary/aromatic N) is 1. The maximum absolute atomic E-state index is 12.7. The highest BCUT2D eigenvalue weighted by Crippen LogP contribution is 2.27. The Bertz CT molecular complexity index is 1160. The molecule has 0 unspecified atom stereocenters. The van der Waals surface area contributed by atoms with Gasteiger partial charge in [-0.05, 0) is 53.1 Å². The van der Waals surface area contributed by atoms with E-state index in [1.165, 1.54) is 0 Å². The maximum atomic E-state index is 12.7. The molecule has 0 saturated heterocycles. The molecule has 0 atom stereocenters. The van der Waals surface area contributed by atoms with Crippen LogP contribution in [0.2, 0.25) is 0 Å². The standard InChI is InChI=1S/C24H20N2O2/c1-16-14-18(23-22(27)10-5-13-25-23)11-12-20(16)24(28)26-15-19-8-4-7-17-6-2-3-9-21(17)19/h2-14,27H,15H2,1H3,(H,26,28). The summed E-state index contributed by atoms with van der Waals surface area (Å²) in [5.74, 6) is -0.00251. The molecule has 28 heavy (non-hydrogen) atoms. The third kappa shape index (κ3) is 3.45. The second kappa shape index (κ2) is 7.53. The first kappa shape index (κ1) is 17.7. The summed E-state index contributed by atoms with van der Waals surface area (Å²) in [6.45, 7) is 2.35. The predicted molar refractivity (Wildman–Crippen MR) is 111 cm³/mol. The number of pyridine rings is 1. The summed E-state index contributed by atoms with van der Waals surface area (Å²) in [7, 11) is 0. The smallest absolute Gasteiger partial charge is 0.251 e. The van der Waals surface area contributed by atoms with E-state index in [-0.39, 0.29) is 11.7 Å². The lowest BCUT2D eigenvalue weighted by Crippen LogP contribution is -2.23. The van der Waals surface area contributed by atoms with Crippen molar-refractivity contribution in [3.8, 4) is 17.0 Å². The quantitative estimate of drug-likeness (QED) is 0.541. The molecule has 0 spiro atoms. The van der Waals surface area contributed by atoms with Crippen LogP contribution in [0.1, 0.15) is 21.5 Å². The molecule has 1 heterocycles. The fourth-order valence-electron chi connectivity index (χ4n) is 3.40. The van der Waals surface area contributed by atoms with Crippen LogP contribution in [0.15, 0.2) is 79.0 Å². The molecule has 0 bridgehead atoms. The summed E-state index contributed by atoms with van der Waals surface area (Å²) in [4.78, 5) is 16.9. The Kier molecular flexibility index (Phi) is 4.77. The summed E-state index contributed by atoms with van der Waals surface area (Å²) in [5.41, 5.74) is 3.81. The number of benzene rings is 3. The number of aromatic nitrogens is 1. The number of hydrogen-bond donors (Lipinski definition) is 2. The van der Waals surface area contributed by atoms with Crippen LogP contribution >= 0.6 is 0 Å². The molecule has 0 fully saturated rings. The first-order valence-electron chi connectivity index (χ1n) is 9.13. The van der Waals surface area contributed by atoms with Crippen molar-refractivity contribution in [2.24, 2.45) is 0 Å². The van der Waals surface area contributed by atoms with Crippen LogP contribution in [0.5, 0.6) is 5.75 Å². The summed E-state index contributed by atoms with van der Waals surface area (Å²) >= 11 is 0. The van der Waals surface area contributed by atoms with Crippen LogP contribution in [-0.4, -0.2) is 16.0 Å². The molecule has 4 heteroatoms. The van der Waals surface area contributed by atoms with E-state index in [2.05, 4.69) is 28.5 Å². The van der Waals surface area contributed by atoms with Gasteiger partial charge in [-0.15, -0.1) is 0 Å². The van der Waals surface area contributed by atoms with Crippen molar-refractivity contribution in [3.63, 3.8) is 0 Å². The average Bonchev–Trinajstić information content (AvgIpc) is 2.72. The lowest BCUT2D eigenvalue weighted by molar-refractivity contribution is 0.0950. The normalized spacial score (nSPS) is 10.8. The van der Waals surface area contributed by atoms with E-state index in [9.17, 15) is 9.90 Å². The molecule has 0 saturated carbocycles. The number of fused-ring (bicyclic) bond motifs is 1. The highest BCUT2D eigenvalue weighted by molar-refractivity contribution is 5.96. The van der Waals surface area contributed by atoms with Gasteiger partial charge >= 0.3 is 0 Å². The number of hydrogen-bond acceptors (Lipinski definition) is 3. The van der Waals surface area contributed by atoms with Gasteiger partial charge in [0, 0.05) is 23.9 Å². The second-order valence-corrected chi connectivity index (χ2v) is 6.72. The number of carbonyl (C=O) groups excluding carboxylic acids is 1. The molecule has 2 N–H and O–H groups in total. The molecule has 0 aliphatic heterocycles. The monoisotopic (exact) mass is 368 g/mol. The van der Waals surface area contributed by atoms with Gasteiger partial charge in [0.05, 0.1) is 0 Å². The van der Waals surface area contributed by atoms with Crippen molar-refractivity contribution in [2.45, 2.75) is 13.5 Å². The van der Waals surface area contributed by atoms with E-state index in [1.54, 1.807) is 24.4 Å². The summed E-state index contributed by atoms with van der Waals surface area (Å²) in [6.07, 6.45) is 1.63. The van der Waals surface area contributed by atoms with E-state index < -0.39 is 0 Å².